The van der Waals surface area contributed by atoms with Crippen LogP contribution in [0.4, 0.5) is 0 Å². The van der Waals surface area contributed by atoms with Gasteiger partial charge in [-0.25, -0.2) is 0 Å². The van der Waals surface area contributed by atoms with Crippen molar-refractivity contribution >= 4 is 7.82 Å². The fourth-order valence-electron chi connectivity index (χ4n) is 0.158. The van der Waals surface area contributed by atoms with Gasteiger partial charge in [-0.15, -0.1) is 0 Å². The fourth-order valence-corrected chi connectivity index (χ4v) is 0.474. The summed E-state index contributed by atoms with van der Waals surface area (Å²) >= 11 is 0. The molecule has 0 aliphatic carbocycles. The maximum atomic E-state index is 9.48. The minimum absolute atomic E-state index is 0. The normalized spacial score (nSPS) is 6.38. The van der Waals surface area contributed by atoms with Crippen LogP contribution in [-0.4, -0.2) is 28.5 Å². The van der Waals surface area contributed by atoms with Crippen LogP contribution in [-0.2, 0) is 9.09 Å². The van der Waals surface area contributed by atoms with Crippen LogP contribution in [0.3, 0.4) is 0 Å². The Morgan fingerprint density at radius 2 is 1.31 bits per heavy atom. The number of phosphoric acid groups is 1. The first kappa shape index (κ1) is 44.2. The minimum Gasteiger partial charge on any atom is -0.790 e. The molecule has 0 fully saturated rings. The van der Waals surface area contributed by atoms with Gasteiger partial charge in [-0.3, -0.25) is 0 Å². The van der Waals surface area contributed by atoms with Gasteiger partial charge in [-0.05, 0) is 6.92 Å². The molecule has 0 saturated heterocycles. The zero-order valence-electron chi connectivity index (χ0n) is 7.79. The summed E-state index contributed by atoms with van der Waals surface area (Å²) in [4.78, 5) is 19.0. The molecule has 0 rings (SSSR count). The summed E-state index contributed by atoms with van der Waals surface area (Å²) in [7, 11) is -4.67. The third kappa shape index (κ3) is 51.0. The quantitative estimate of drug-likeness (QED) is 0.355. The summed E-state index contributed by atoms with van der Waals surface area (Å²) in [5.41, 5.74) is 0. The first-order valence-corrected chi connectivity index (χ1v) is 3.19. The summed E-state index contributed by atoms with van der Waals surface area (Å²) < 4.78 is 13.2. The fraction of sp³-hybridized carbons (Fsp3) is 1.00. The van der Waals surface area contributed by atoms with Gasteiger partial charge in [0, 0.05) is 6.61 Å². The van der Waals surface area contributed by atoms with Crippen LogP contribution < -0.4 is 113 Å². The molecule has 0 saturated carbocycles. The van der Waals surface area contributed by atoms with E-state index in [9.17, 15) is 14.4 Å². The molecule has 11 heteroatoms. The van der Waals surface area contributed by atoms with E-state index in [2.05, 4.69) is 4.52 Å². The Bertz CT molecular complexity index is 94.1. The Morgan fingerprint density at radius 3 is 1.31 bits per heavy atom. The van der Waals surface area contributed by atoms with E-state index in [1.54, 1.807) is 0 Å². The van der Waals surface area contributed by atoms with Crippen molar-refractivity contribution in [3.05, 3.63) is 0 Å². The summed E-state index contributed by atoms with van der Waals surface area (Å²) in [6.07, 6.45) is 0. The molecule has 13 heavy (non-hydrogen) atoms. The van der Waals surface area contributed by atoms with Crippen LogP contribution in [0.25, 0.3) is 0 Å². The largest absolute Gasteiger partial charge is 1.00 e. The smallest absolute Gasteiger partial charge is 0.790 e. The summed E-state index contributed by atoms with van der Waals surface area (Å²) in [6, 6.07) is 0. The van der Waals surface area contributed by atoms with Crippen molar-refractivity contribution in [2.75, 3.05) is 6.61 Å². The van der Waals surface area contributed by atoms with Crippen LogP contribution in [0.5, 0.6) is 0 Å². The van der Waals surface area contributed by atoms with Gasteiger partial charge >= 0.3 is 103 Å². The summed E-state index contributed by atoms with van der Waals surface area (Å²) in [5, 5.41) is 0. The zero-order valence-corrected chi connectivity index (χ0v) is 14.9. The average Bonchev–Trinajstić information content (AvgIpc) is 1.30. The van der Waals surface area contributed by atoms with Gasteiger partial charge in [0.2, 0.25) is 0 Å². The molecule has 0 aromatic heterocycles. The monoisotopic (exact) mass is 274 g/mol. The summed E-state index contributed by atoms with van der Waals surface area (Å²) in [5.74, 6) is 0. The van der Waals surface area contributed by atoms with E-state index in [1.165, 1.54) is 6.92 Å². The summed E-state index contributed by atoms with van der Waals surface area (Å²) in [6.45, 7) is 1.35. The van der Waals surface area contributed by atoms with E-state index < -0.39 is 7.82 Å². The molecule has 0 bridgehead atoms. The van der Waals surface area contributed by atoms with Gasteiger partial charge in [0.05, 0.1) is 7.82 Å². The van der Waals surface area contributed by atoms with Gasteiger partial charge in [0.15, 0.2) is 0 Å². The Balaban J connectivity index is -0.0000000120. The van der Waals surface area contributed by atoms with Crippen LogP contribution >= 0.6 is 7.82 Å². The maximum absolute atomic E-state index is 9.48. The van der Waals surface area contributed by atoms with Crippen molar-refractivity contribution in [1.29, 1.82) is 0 Å². The van der Waals surface area contributed by atoms with Crippen LogP contribution in [0.15, 0.2) is 0 Å². The predicted octanol–water partition coefficient (Wildman–Crippen LogP) is -10.4. The first-order valence-electron chi connectivity index (χ1n) is 1.73. The molecule has 0 atom stereocenters. The Hall–Kier alpha value is 3.22. The van der Waals surface area contributed by atoms with E-state index >= 15 is 0 Å². The first-order chi connectivity index (χ1) is 3.06. The van der Waals surface area contributed by atoms with Gasteiger partial charge in [0.25, 0.3) is 0 Å². The third-order valence-electron chi connectivity index (χ3n) is 0.287. The average molecular weight is 274 g/mol. The van der Waals surface area contributed by atoms with Crippen molar-refractivity contribution in [3.63, 3.8) is 0 Å². The Kier molecular flexibility index (Phi) is 83.1. The third-order valence-corrected chi connectivity index (χ3v) is 0.862. The van der Waals surface area contributed by atoms with Crippen molar-refractivity contribution in [1.82, 2.24) is 0 Å². The molecule has 0 amide bonds. The van der Waals surface area contributed by atoms with Gasteiger partial charge in [0.1, 0.15) is 0 Å². The van der Waals surface area contributed by atoms with Crippen molar-refractivity contribution in [2.24, 2.45) is 0 Å². The Morgan fingerprint density at radius 1 is 1.08 bits per heavy atom. The van der Waals surface area contributed by atoms with E-state index in [4.69, 9.17) is 0 Å². The molecular weight excluding hydrogens is 261 g/mol. The number of hydrogen-bond donors (Lipinski definition) is 0. The second-order valence-electron chi connectivity index (χ2n) is 0.865. The van der Waals surface area contributed by atoms with E-state index in [0.717, 1.165) is 0 Å². The molecule has 8 N–H and O–H groups in total. The molecule has 0 aromatic carbocycles. The van der Waals surface area contributed by atoms with Crippen LogP contribution in [0, 0.1) is 0 Å². The SMILES string of the molecule is CCOP(=O)([O-])[O-].O.O.O.O.[K+].[K+]. The van der Waals surface area contributed by atoms with Gasteiger partial charge in [-0.1, -0.05) is 0 Å². The topological polar surface area (TPSA) is 198 Å². The van der Waals surface area contributed by atoms with Crippen LogP contribution in [0.2, 0.25) is 0 Å². The number of hydrogen-bond acceptors (Lipinski definition) is 4. The molecule has 0 radical (unpaired) electrons. The van der Waals surface area contributed by atoms with Crippen molar-refractivity contribution in [2.45, 2.75) is 6.92 Å². The predicted molar refractivity (Wildman–Crippen MR) is 33.7 cm³/mol. The molecule has 0 aromatic rings. The number of rotatable bonds is 2. The molecular formula is C2H13K2O8P. The molecule has 0 aliphatic rings. The molecule has 8 nitrogen and oxygen atoms in total. The molecule has 0 heterocycles. The minimum atomic E-state index is -4.67. The standard InChI is InChI=1S/C2H7O4P.2K.4H2O/c1-2-6-7(3,4)5;;;;;;/h2H2,1H3,(H2,3,4,5);;;4*1H2/q;2*+1;;;;/p-2. The second kappa shape index (κ2) is 24.4. The molecule has 0 spiro atoms. The van der Waals surface area contributed by atoms with E-state index in [-0.39, 0.29) is 131 Å². The second-order valence-corrected chi connectivity index (χ2v) is 2.02. The molecule has 0 unspecified atom stereocenters. The maximum Gasteiger partial charge on any atom is 1.00 e. The number of phosphoric ester groups is 1. The van der Waals surface area contributed by atoms with E-state index in [0.29, 0.717) is 0 Å². The van der Waals surface area contributed by atoms with Gasteiger partial charge < -0.3 is 40.8 Å². The van der Waals surface area contributed by atoms with Crippen LogP contribution in [0.1, 0.15) is 6.92 Å². The zero-order chi connectivity index (χ0) is 5.91. The van der Waals surface area contributed by atoms with Crippen molar-refractivity contribution < 1.29 is 144 Å². The molecule has 0 aliphatic heterocycles. The van der Waals surface area contributed by atoms with Crippen molar-refractivity contribution in [3.8, 4) is 0 Å². The Labute approximate surface area is 161 Å². The van der Waals surface area contributed by atoms with Gasteiger partial charge in [-0.2, -0.15) is 0 Å². The van der Waals surface area contributed by atoms with E-state index in [1.807, 2.05) is 0 Å². The molecule has 76 valence electrons.